The molecule has 4 heterocycles. The molecule has 0 amide bonds. The fourth-order valence-corrected chi connectivity index (χ4v) is 4.73. The number of H-pyrrole nitrogens is 1. The Balaban J connectivity index is 1.34. The number of benzene rings is 1. The first-order valence-corrected chi connectivity index (χ1v) is 11.3. The summed E-state index contributed by atoms with van der Waals surface area (Å²) >= 11 is 1.70. The summed E-state index contributed by atoms with van der Waals surface area (Å²) in [6.07, 6.45) is 4.51. The van der Waals surface area contributed by atoms with E-state index in [0.717, 1.165) is 39.6 Å². The Labute approximate surface area is 179 Å². The molecular formula is C23H25N5OS. The molecule has 0 unspecified atom stereocenters. The standard InChI is InChI=1S/C23H25N5OS/c1-16-13-20(30-15-16)21-19-7-8-24-22(19)27-23(26-21)25-17-5-4-6-18(14-17)29-12-11-28-9-2-3-10-28/h4-8,13-15H,2-3,9-12H2,1H3,(H2,24,25,26,27). The van der Waals surface area contributed by atoms with Crippen LogP contribution in [0.25, 0.3) is 21.6 Å². The molecule has 0 aliphatic carbocycles. The first-order chi connectivity index (χ1) is 14.7. The maximum absolute atomic E-state index is 5.97. The molecule has 0 bridgehead atoms. The Kier molecular flexibility index (Phi) is 5.38. The molecular weight excluding hydrogens is 394 g/mol. The van der Waals surface area contributed by atoms with E-state index in [4.69, 9.17) is 9.72 Å². The van der Waals surface area contributed by atoms with Gasteiger partial charge in [-0.1, -0.05) is 6.07 Å². The summed E-state index contributed by atoms with van der Waals surface area (Å²) in [5, 5.41) is 6.52. The summed E-state index contributed by atoms with van der Waals surface area (Å²) in [6, 6.07) is 12.2. The van der Waals surface area contributed by atoms with Gasteiger partial charge in [-0.2, -0.15) is 4.98 Å². The van der Waals surface area contributed by atoms with Crippen molar-refractivity contribution in [1.29, 1.82) is 0 Å². The molecule has 154 valence electrons. The second-order valence-corrected chi connectivity index (χ2v) is 8.59. The molecule has 0 spiro atoms. The van der Waals surface area contributed by atoms with E-state index < -0.39 is 0 Å². The van der Waals surface area contributed by atoms with Gasteiger partial charge in [0.15, 0.2) is 0 Å². The minimum atomic E-state index is 0.570. The van der Waals surface area contributed by atoms with Gasteiger partial charge in [0.05, 0.1) is 10.6 Å². The molecule has 6 nitrogen and oxygen atoms in total. The van der Waals surface area contributed by atoms with Crippen molar-refractivity contribution in [2.24, 2.45) is 0 Å². The van der Waals surface area contributed by atoms with Gasteiger partial charge in [-0.05, 0) is 68.1 Å². The van der Waals surface area contributed by atoms with Crippen molar-refractivity contribution in [3.8, 4) is 16.3 Å². The Morgan fingerprint density at radius 3 is 2.90 bits per heavy atom. The fourth-order valence-electron chi connectivity index (χ4n) is 3.83. The minimum Gasteiger partial charge on any atom is -0.492 e. The van der Waals surface area contributed by atoms with Crippen LogP contribution in [-0.2, 0) is 0 Å². The van der Waals surface area contributed by atoms with Crippen molar-refractivity contribution < 1.29 is 4.74 Å². The highest BCUT2D eigenvalue weighted by Crippen LogP contribution is 2.32. The van der Waals surface area contributed by atoms with Crippen LogP contribution >= 0.6 is 11.3 Å². The molecule has 0 radical (unpaired) electrons. The van der Waals surface area contributed by atoms with E-state index in [0.29, 0.717) is 12.6 Å². The average Bonchev–Trinajstić information content (AvgIpc) is 3.49. The smallest absolute Gasteiger partial charge is 0.229 e. The van der Waals surface area contributed by atoms with Gasteiger partial charge in [0.25, 0.3) is 0 Å². The number of anilines is 2. The highest BCUT2D eigenvalue weighted by Gasteiger charge is 2.13. The van der Waals surface area contributed by atoms with E-state index in [1.54, 1.807) is 11.3 Å². The van der Waals surface area contributed by atoms with Crippen molar-refractivity contribution >= 4 is 34.0 Å². The van der Waals surface area contributed by atoms with Crippen LogP contribution in [0.5, 0.6) is 5.75 Å². The Hall–Kier alpha value is -2.90. The SMILES string of the molecule is Cc1csc(-c2nc(Nc3cccc(OCCN4CCCC4)c3)nc3[nH]ccc23)c1. The summed E-state index contributed by atoms with van der Waals surface area (Å²) in [5.41, 5.74) is 3.92. The first-order valence-electron chi connectivity index (χ1n) is 10.4. The maximum Gasteiger partial charge on any atom is 0.229 e. The molecule has 0 atom stereocenters. The topological polar surface area (TPSA) is 66.1 Å². The molecule has 1 aliphatic rings. The van der Waals surface area contributed by atoms with Crippen LogP contribution in [0, 0.1) is 6.92 Å². The Morgan fingerprint density at radius 1 is 1.17 bits per heavy atom. The summed E-state index contributed by atoms with van der Waals surface area (Å²) in [7, 11) is 0. The number of fused-ring (bicyclic) bond motifs is 1. The largest absolute Gasteiger partial charge is 0.492 e. The highest BCUT2D eigenvalue weighted by atomic mass is 32.1. The van der Waals surface area contributed by atoms with Gasteiger partial charge < -0.3 is 15.0 Å². The third kappa shape index (κ3) is 4.17. The molecule has 1 fully saturated rings. The molecule has 1 aliphatic heterocycles. The summed E-state index contributed by atoms with van der Waals surface area (Å²) < 4.78 is 5.97. The lowest BCUT2D eigenvalue weighted by molar-refractivity contribution is 0.238. The molecule has 30 heavy (non-hydrogen) atoms. The number of aromatic nitrogens is 3. The number of aryl methyl sites for hydroxylation is 1. The molecule has 2 N–H and O–H groups in total. The van der Waals surface area contributed by atoms with Gasteiger partial charge in [-0.3, -0.25) is 4.90 Å². The zero-order chi connectivity index (χ0) is 20.3. The van der Waals surface area contributed by atoms with Gasteiger partial charge in [-0.15, -0.1) is 11.3 Å². The lowest BCUT2D eigenvalue weighted by Crippen LogP contribution is -2.25. The zero-order valence-corrected chi connectivity index (χ0v) is 17.8. The average molecular weight is 420 g/mol. The highest BCUT2D eigenvalue weighted by molar-refractivity contribution is 7.13. The zero-order valence-electron chi connectivity index (χ0n) is 17.0. The summed E-state index contributed by atoms with van der Waals surface area (Å²) in [5.74, 6) is 1.43. The number of likely N-dealkylation sites (tertiary alicyclic amines) is 1. The van der Waals surface area contributed by atoms with E-state index in [1.165, 1.54) is 31.5 Å². The molecule has 0 saturated carbocycles. The van der Waals surface area contributed by atoms with Gasteiger partial charge >= 0.3 is 0 Å². The normalized spacial score (nSPS) is 14.4. The monoisotopic (exact) mass is 419 g/mol. The van der Waals surface area contributed by atoms with Crippen LogP contribution in [0.1, 0.15) is 18.4 Å². The molecule has 5 rings (SSSR count). The number of thiophene rings is 1. The first kappa shape index (κ1) is 19.1. The van der Waals surface area contributed by atoms with Crippen molar-refractivity contribution in [3.63, 3.8) is 0 Å². The van der Waals surface area contributed by atoms with E-state index in [-0.39, 0.29) is 0 Å². The van der Waals surface area contributed by atoms with Crippen molar-refractivity contribution in [1.82, 2.24) is 19.9 Å². The van der Waals surface area contributed by atoms with Gasteiger partial charge in [0.1, 0.15) is 18.0 Å². The Bertz CT molecular complexity index is 1150. The number of hydrogen-bond acceptors (Lipinski definition) is 6. The van der Waals surface area contributed by atoms with Crippen molar-refractivity contribution in [3.05, 3.63) is 53.5 Å². The van der Waals surface area contributed by atoms with Crippen LogP contribution in [0.3, 0.4) is 0 Å². The van der Waals surface area contributed by atoms with E-state index in [1.807, 2.05) is 36.5 Å². The van der Waals surface area contributed by atoms with Crippen LogP contribution in [-0.4, -0.2) is 46.1 Å². The third-order valence-electron chi connectivity index (χ3n) is 5.34. The number of ether oxygens (including phenoxy) is 1. The minimum absolute atomic E-state index is 0.570. The van der Waals surface area contributed by atoms with Crippen LogP contribution in [0.15, 0.2) is 48.0 Å². The van der Waals surface area contributed by atoms with Crippen LogP contribution in [0.2, 0.25) is 0 Å². The Morgan fingerprint density at radius 2 is 2.07 bits per heavy atom. The molecule has 4 aromatic rings. The van der Waals surface area contributed by atoms with Gasteiger partial charge in [0, 0.05) is 29.9 Å². The van der Waals surface area contributed by atoms with Crippen molar-refractivity contribution in [2.75, 3.05) is 31.6 Å². The lowest BCUT2D eigenvalue weighted by atomic mass is 10.2. The second kappa shape index (κ2) is 8.45. The van der Waals surface area contributed by atoms with Crippen LogP contribution < -0.4 is 10.1 Å². The predicted octanol–water partition coefficient (Wildman–Crippen LogP) is 5.21. The number of rotatable bonds is 7. The van der Waals surface area contributed by atoms with Gasteiger partial charge in [-0.25, -0.2) is 4.98 Å². The van der Waals surface area contributed by atoms with E-state index >= 15 is 0 Å². The van der Waals surface area contributed by atoms with Gasteiger partial charge in [0.2, 0.25) is 5.95 Å². The lowest BCUT2D eigenvalue weighted by Gasteiger charge is -2.15. The number of nitrogens with one attached hydrogen (secondary N) is 2. The molecule has 3 aromatic heterocycles. The summed E-state index contributed by atoms with van der Waals surface area (Å²) in [6.45, 7) is 6.17. The fraction of sp³-hybridized carbons (Fsp3) is 0.304. The number of hydrogen-bond donors (Lipinski definition) is 2. The molecule has 1 aromatic carbocycles. The number of aromatic amines is 1. The van der Waals surface area contributed by atoms with Crippen LogP contribution in [0.4, 0.5) is 11.6 Å². The number of nitrogens with zero attached hydrogens (tertiary/aromatic N) is 3. The predicted molar refractivity (Wildman–Crippen MR) is 123 cm³/mol. The third-order valence-corrected chi connectivity index (χ3v) is 6.40. The second-order valence-electron chi connectivity index (χ2n) is 7.67. The quantitative estimate of drug-likeness (QED) is 0.430. The van der Waals surface area contributed by atoms with Crippen molar-refractivity contribution in [2.45, 2.75) is 19.8 Å². The maximum atomic E-state index is 5.97. The van der Waals surface area contributed by atoms with E-state index in [9.17, 15) is 0 Å². The molecule has 7 heteroatoms. The molecule has 1 saturated heterocycles. The summed E-state index contributed by atoms with van der Waals surface area (Å²) in [4.78, 5) is 16.3. The van der Waals surface area contributed by atoms with E-state index in [2.05, 4.69) is 38.6 Å².